The molecule has 3 atom stereocenters. The SMILES string of the molecule is COC(c1ccccc1C(c1cnc(N)nc1N)C(OC)c1cccc2occc12)c1cccc2occc12. The Labute approximate surface area is 225 Å². The molecule has 0 amide bonds. The number of nitrogen functional groups attached to an aromatic ring is 2. The number of methoxy groups -OCH3 is 2. The molecule has 3 aromatic heterocycles. The van der Waals surface area contributed by atoms with E-state index >= 15 is 0 Å². The third-order valence-corrected chi connectivity index (χ3v) is 7.26. The number of fused-ring (bicyclic) bond motifs is 2. The first-order valence-electron chi connectivity index (χ1n) is 12.5. The Morgan fingerprint density at radius 1 is 0.667 bits per heavy atom. The fourth-order valence-electron chi connectivity index (χ4n) is 5.56. The number of rotatable bonds is 8. The van der Waals surface area contributed by atoms with Gasteiger partial charge >= 0.3 is 0 Å². The Kier molecular flexibility index (Phi) is 6.48. The van der Waals surface area contributed by atoms with Crippen molar-refractivity contribution >= 4 is 33.7 Å². The summed E-state index contributed by atoms with van der Waals surface area (Å²) in [5, 5.41) is 1.94. The Bertz CT molecular complexity index is 1760. The lowest BCUT2D eigenvalue weighted by Gasteiger charge is -2.31. The van der Waals surface area contributed by atoms with Crippen molar-refractivity contribution in [3.8, 4) is 0 Å². The van der Waals surface area contributed by atoms with E-state index in [1.165, 1.54) is 0 Å². The highest BCUT2D eigenvalue weighted by molar-refractivity contribution is 5.83. The van der Waals surface area contributed by atoms with Gasteiger partial charge in [0.2, 0.25) is 5.95 Å². The van der Waals surface area contributed by atoms with Crippen LogP contribution >= 0.6 is 0 Å². The largest absolute Gasteiger partial charge is 0.464 e. The number of anilines is 2. The van der Waals surface area contributed by atoms with Gasteiger partial charge in [0.05, 0.1) is 18.6 Å². The van der Waals surface area contributed by atoms with Crippen LogP contribution in [0.15, 0.2) is 100 Å². The quantitative estimate of drug-likeness (QED) is 0.237. The van der Waals surface area contributed by atoms with Crippen LogP contribution in [0.1, 0.15) is 45.9 Å². The first-order chi connectivity index (χ1) is 19.1. The van der Waals surface area contributed by atoms with Gasteiger partial charge in [0.25, 0.3) is 0 Å². The van der Waals surface area contributed by atoms with Crippen molar-refractivity contribution in [2.75, 3.05) is 25.7 Å². The summed E-state index contributed by atoms with van der Waals surface area (Å²) in [5.41, 5.74) is 18.5. The predicted octanol–water partition coefficient (Wildman–Crippen LogP) is 6.39. The second-order valence-corrected chi connectivity index (χ2v) is 9.31. The summed E-state index contributed by atoms with van der Waals surface area (Å²) in [6.45, 7) is 0. The number of hydrogen-bond donors (Lipinski definition) is 2. The summed E-state index contributed by atoms with van der Waals surface area (Å²) in [4.78, 5) is 8.60. The number of aromatic nitrogens is 2. The maximum absolute atomic E-state index is 6.50. The minimum absolute atomic E-state index is 0.107. The molecule has 6 aromatic rings. The molecule has 196 valence electrons. The standard InChI is InChI=1S/C31H28N4O4/c1-36-28(21-9-5-11-25-18(21)13-15-38-25)23-8-4-3-7-20(23)27(24-17-34-31(33)35-30(24)32)29(37-2)22-10-6-12-26-19(22)14-16-39-26/h3-17,27-29H,1-2H3,(H4,32,33,34,35). The molecule has 0 aliphatic heterocycles. The van der Waals surface area contributed by atoms with E-state index in [4.69, 9.17) is 29.8 Å². The molecule has 4 N–H and O–H groups in total. The van der Waals surface area contributed by atoms with Gasteiger partial charge in [0.1, 0.15) is 23.1 Å². The Morgan fingerprint density at radius 2 is 1.28 bits per heavy atom. The monoisotopic (exact) mass is 520 g/mol. The van der Waals surface area contributed by atoms with Crippen molar-refractivity contribution in [2.45, 2.75) is 18.1 Å². The molecular formula is C31H28N4O4. The van der Waals surface area contributed by atoms with E-state index in [0.29, 0.717) is 5.56 Å². The molecule has 3 unspecified atom stereocenters. The third-order valence-electron chi connectivity index (χ3n) is 7.26. The molecule has 6 rings (SSSR count). The molecule has 3 heterocycles. The molecule has 39 heavy (non-hydrogen) atoms. The summed E-state index contributed by atoms with van der Waals surface area (Å²) >= 11 is 0. The fourth-order valence-corrected chi connectivity index (χ4v) is 5.56. The van der Waals surface area contributed by atoms with Crippen LogP contribution in [0.25, 0.3) is 21.9 Å². The van der Waals surface area contributed by atoms with Gasteiger partial charge in [0, 0.05) is 42.7 Å². The van der Waals surface area contributed by atoms with Crippen molar-refractivity contribution in [1.82, 2.24) is 9.97 Å². The lowest BCUT2D eigenvalue weighted by molar-refractivity contribution is 0.0882. The minimum atomic E-state index is -0.468. The lowest BCUT2D eigenvalue weighted by atomic mass is 9.79. The summed E-state index contributed by atoms with van der Waals surface area (Å²) in [5.74, 6) is -0.0151. The van der Waals surface area contributed by atoms with Gasteiger partial charge in [-0.1, -0.05) is 48.5 Å². The van der Waals surface area contributed by atoms with Gasteiger partial charge < -0.3 is 29.8 Å². The molecule has 0 radical (unpaired) electrons. The lowest BCUT2D eigenvalue weighted by Crippen LogP contribution is -2.20. The first-order valence-corrected chi connectivity index (χ1v) is 12.5. The van der Waals surface area contributed by atoms with E-state index in [1.54, 1.807) is 32.9 Å². The molecule has 0 saturated carbocycles. The van der Waals surface area contributed by atoms with Gasteiger partial charge in [-0.05, 0) is 46.5 Å². The number of benzene rings is 3. The average molecular weight is 521 g/mol. The number of ether oxygens (including phenoxy) is 2. The van der Waals surface area contributed by atoms with Gasteiger partial charge in [-0.15, -0.1) is 0 Å². The van der Waals surface area contributed by atoms with E-state index in [2.05, 4.69) is 28.2 Å². The number of furan rings is 2. The Hall–Kier alpha value is -4.66. The highest BCUT2D eigenvalue weighted by atomic mass is 16.5. The van der Waals surface area contributed by atoms with Gasteiger partial charge in [0.15, 0.2) is 0 Å². The zero-order chi connectivity index (χ0) is 26.9. The fraction of sp³-hybridized carbons (Fsp3) is 0.161. The van der Waals surface area contributed by atoms with Crippen molar-refractivity contribution in [3.63, 3.8) is 0 Å². The zero-order valence-corrected chi connectivity index (χ0v) is 21.6. The van der Waals surface area contributed by atoms with Crippen LogP contribution in [-0.4, -0.2) is 24.2 Å². The summed E-state index contributed by atoms with van der Waals surface area (Å²) in [6, 6.07) is 23.9. The summed E-state index contributed by atoms with van der Waals surface area (Å²) in [6.07, 6.45) is 4.18. The van der Waals surface area contributed by atoms with Crippen LogP contribution in [0.5, 0.6) is 0 Å². The molecule has 8 nitrogen and oxygen atoms in total. The summed E-state index contributed by atoms with van der Waals surface area (Å²) in [7, 11) is 3.39. The van der Waals surface area contributed by atoms with Crippen molar-refractivity contribution in [3.05, 3.63) is 119 Å². The molecular weight excluding hydrogens is 492 g/mol. The number of hydrogen-bond acceptors (Lipinski definition) is 8. The molecule has 0 aliphatic carbocycles. The maximum Gasteiger partial charge on any atom is 0.221 e. The summed E-state index contributed by atoms with van der Waals surface area (Å²) < 4.78 is 23.8. The molecule has 0 bridgehead atoms. The normalized spacial score (nSPS) is 14.0. The minimum Gasteiger partial charge on any atom is -0.464 e. The van der Waals surface area contributed by atoms with Crippen LogP contribution in [0.3, 0.4) is 0 Å². The van der Waals surface area contributed by atoms with E-state index < -0.39 is 18.1 Å². The average Bonchev–Trinajstić information content (AvgIpc) is 3.63. The number of nitrogens with two attached hydrogens (primary N) is 2. The van der Waals surface area contributed by atoms with E-state index in [-0.39, 0.29) is 11.8 Å². The van der Waals surface area contributed by atoms with Gasteiger partial charge in [-0.3, -0.25) is 0 Å². The second kappa shape index (κ2) is 10.2. The van der Waals surface area contributed by atoms with Crippen molar-refractivity contribution < 1.29 is 18.3 Å². The van der Waals surface area contributed by atoms with Gasteiger partial charge in [-0.25, -0.2) is 4.98 Å². The smallest absolute Gasteiger partial charge is 0.221 e. The Balaban J connectivity index is 1.60. The molecule has 0 fully saturated rings. The topological polar surface area (TPSA) is 123 Å². The van der Waals surface area contributed by atoms with Crippen molar-refractivity contribution in [2.24, 2.45) is 0 Å². The first kappa shape index (κ1) is 24.7. The highest BCUT2D eigenvalue weighted by Gasteiger charge is 2.34. The molecule has 0 saturated heterocycles. The maximum atomic E-state index is 6.50. The van der Waals surface area contributed by atoms with Crippen LogP contribution in [-0.2, 0) is 9.47 Å². The highest BCUT2D eigenvalue weighted by Crippen LogP contribution is 2.46. The van der Waals surface area contributed by atoms with Crippen LogP contribution in [0.2, 0.25) is 0 Å². The Morgan fingerprint density at radius 3 is 1.92 bits per heavy atom. The molecule has 3 aromatic carbocycles. The van der Waals surface area contributed by atoms with E-state index in [0.717, 1.165) is 44.2 Å². The molecule has 8 heteroatoms. The molecule has 0 spiro atoms. The second-order valence-electron chi connectivity index (χ2n) is 9.31. The van der Waals surface area contributed by atoms with E-state index in [1.807, 2.05) is 54.6 Å². The van der Waals surface area contributed by atoms with Crippen LogP contribution < -0.4 is 11.5 Å². The predicted molar refractivity (Wildman–Crippen MR) is 150 cm³/mol. The molecule has 0 aliphatic rings. The third kappa shape index (κ3) is 4.29. The zero-order valence-electron chi connectivity index (χ0n) is 21.6. The van der Waals surface area contributed by atoms with E-state index in [9.17, 15) is 0 Å². The van der Waals surface area contributed by atoms with Crippen LogP contribution in [0.4, 0.5) is 11.8 Å². The van der Waals surface area contributed by atoms with Crippen LogP contribution in [0, 0.1) is 0 Å². The van der Waals surface area contributed by atoms with Gasteiger partial charge in [-0.2, -0.15) is 4.98 Å². The number of nitrogens with zero attached hydrogens (tertiary/aromatic N) is 2. The van der Waals surface area contributed by atoms with Crippen molar-refractivity contribution in [1.29, 1.82) is 0 Å².